The van der Waals surface area contributed by atoms with Crippen LogP contribution >= 0.6 is 0 Å². The first-order chi connectivity index (χ1) is 39.5. The number of aliphatic carboxylic acids is 3. The molecule has 0 radical (unpaired) electrons. The summed E-state index contributed by atoms with van der Waals surface area (Å²) in [6.07, 6.45) is 8.30. The standard InChI is InChI=1S/3C22H25N.C6H8O7/c3*1-23(2)22(20-11-4-3-5-12-20)14-8-9-18-15-16-19-10-6-7-13-21(19)17-18;7-3(8)1-6(13,5(11)12)2-4(9)10/h3*3-7,10-13,15-17,22H,8-9,14H2,1-2H3;13H,1-2H2,(H,7,8)(H,9,10)(H,11,12). The van der Waals surface area contributed by atoms with Gasteiger partial charge in [-0.15, -0.1) is 0 Å². The summed E-state index contributed by atoms with van der Waals surface area (Å²) < 4.78 is 0. The van der Waals surface area contributed by atoms with Crippen LogP contribution in [0.1, 0.15) is 103 Å². The third kappa shape index (κ3) is 20.2. The van der Waals surface area contributed by atoms with Crippen molar-refractivity contribution in [2.24, 2.45) is 0 Å². The summed E-state index contributed by atoms with van der Waals surface area (Å²) in [6, 6.07) is 80.3. The van der Waals surface area contributed by atoms with Gasteiger partial charge in [-0.2, -0.15) is 0 Å². The maximum Gasteiger partial charge on any atom is 0.336 e. The first-order valence-electron chi connectivity index (χ1n) is 28.5. The van der Waals surface area contributed by atoms with Crippen molar-refractivity contribution in [2.75, 3.05) is 42.3 Å². The van der Waals surface area contributed by atoms with Crippen LogP contribution in [0.2, 0.25) is 0 Å². The third-order valence-corrected chi connectivity index (χ3v) is 15.0. The van der Waals surface area contributed by atoms with Crippen LogP contribution in [0.25, 0.3) is 32.3 Å². The molecule has 0 aliphatic heterocycles. The second-order valence-electron chi connectivity index (χ2n) is 21.9. The van der Waals surface area contributed by atoms with Crippen LogP contribution in [-0.4, -0.2) is 101 Å². The minimum atomic E-state index is -2.74. The Hall–Kier alpha value is -7.99. The van der Waals surface area contributed by atoms with E-state index < -0.39 is 36.4 Å². The summed E-state index contributed by atoms with van der Waals surface area (Å²) in [5.74, 6) is -5.02. The number of carboxylic acids is 3. The van der Waals surface area contributed by atoms with Gasteiger partial charge in [0.25, 0.3) is 0 Å². The molecule has 0 spiro atoms. The summed E-state index contributed by atoms with van der Waals surface area (Å²) in [5, 5.41) is 41.8. The zero-order chi connectivity index (χ0) is 58.9. The Morgan fingerprint density at radius 2 is 0.598 bits per heavy atom. The van der Waals surface area contributed by atoms with E-state index in [0.717, 1.165) is 19.3 Å². The normalized spacial score (nSPS) is 12.4. The molecule has 0 aromatic heterocycles. The predicted molar refractivity (Wildman–Crippen MR) is 336 cm³/mol. The molecular weight excluding hydrogens is 1020 g/mol. The minimum absolute atomic E-state index is 0.497. The van der Waals surface area contributed by atoms with Gasteiger partial charge >= 0.3 is 17.9 Å². The highest BCUT2D eigenvalue weighted by molar-refractivity contribution is 5.88. The van der Waals surface area contributed by atoms with E-state index in [1.165, 1.54) is 104 Å². The van der Waals surface area contributed by atoms with Gasteiger partial charge in [0.2, 0.25) is 0 Å². The van der Waals surface area contributed by atoms with E-state index in [0.29, 0.717) is 18.1 Å². The SMILES string of the molecule is CN(C)C(CCCc1ccc2ccccc2c1)c1ccccc1.CN(C)C(CCCc1ccc2ccccc2c1)c1ccccc1.CN(C)C(CCCc1ccc2ccccc2c1)c1ccccc1.O=C(O)CC(O)(CC(=O)O)C(=O)O. The molecule has 9 rings (SSSR count). The molecule has 9 aromatic rings. The highest BCUT2D eigenvalue weighted by Gasteiger charge is 2.40. The fourth-order valence-electron chi connectivity index (χ4n) is 10.6. The molecule has 0 fully saturated rings. The molecular formula is C72H83N3O7. The summed E-state index contributed by atoms with van der Waals surface area (Å²) in [6.45, 7) is 0. The fraction of sp³-hybridized carbons (Fsp3) is 0.292. The summed E-state index contributed by atoms with van der Waals surface area (Å²) >= 11 is 0. The van der Waals surface area contributed by atoms with Crippen molar-refractivity contribution >= 4 is 50.2 Å². The molecule has 4 N–H and O–H groups in total. The van der Waals surface area contributed by atoms with Crippen molar-refractivity contribution in [2.45, 2.75) is 94.4 Å². The van der Waals surface area contributed by atoms with Gasteiger partial charge in [0.05, 0.1) is 12.8 Å². The Morgan fingerprint density at radius 3 is 0.829 bits per heavy atom. The van der Waals surface area contributed by atoms with Gasteiger partial charge in [0.15, 0.2) is 5.60 Å². The molecule has 0 heterocycles. The molecule has 0 saturated carbocycles. The van der Waals surface area contributed by atoms with Crippen LogP contribution in [0, 0.1) is 0 Å². The van der Waals surface area contributed by atoms with Gasteiger partial charge in [-0.25, -0.2) is 4.79 Å². The quantitative estimate of drug-likeness (QED) is 0.0489. The molecule has 0 aliphatic rings. The van der Waals surface area contributed by atoms with Crippen molar-refractivity contribution in [1.82, 2.24) is 14.7 Å². The monoisotopic (exact) mass is 1100 g/mol. The average molecular weight is 1100 g/mol. The van der Waals surface area contributed by atoms with Crippen molar-refractivity contribution < 1.29 is 34.8 Å². The lowest BCUT2D eigenvalue weighted by Gasteiger charge is -2.24. The number of aliphatic hydroxyl groups is 1. The van der Waals surface area contributed by atoms with E-state index in [2.05, 4.69) is 275 Å². The Kier molecular flexibility index (Phi) is 25.0. The van der Waals surface area contributed by atoms with E-state index >= 15 is 0 Å². The Balaban J connectivity index is 0.000000180. The third-order valence-electron chi connectivity index (χ3n) is 15.0. The van der Waals surface area contributed by atoms with Crippen molar-refractivity contribution in [3.63, 3.8) is 0 Å². The van der Waals surface area contributed by atoms with Gasteiger partial charge in [0.1, 0.15) is 0 Å². The Labute approximate surface area is 485 Å². The number of fused-ring (bicyclic) bond motifs is 3. The molecule has 10 heteroatoms. The minimum Gasteiger partial charge on any atom is -0.481 e. The number of benzene rings is 9. The zero-order valence-electron chi connectivity index (χ0n) is 48.7. The molecule has 10 nitrogen and oxygen atoms in total. The predicted octanol–water partition coefficient (Wildman–Crippen LogP) is 15.1. The van der Waals surface area contributed by atoms with Gasteiger partial charge < -0.3 is 35.1 Å². The number of carboxylic acid groups (broad SMARTS) is 3. The van der Waals surface area contributed by atoms with Gasteiger partial charge in [-0.3, -0.25) is 9.59 Å². The van der Waals surface area contributed by atoms with Crippen LogP contribution in [0.3, 0.4) is 0 Å². The molecule has 0 aliphatic carbocycles. The van der Waals surface area contributed by atoms with Crippen LogP contribution in [0.5, 0.6) is 0 Å². The van der Waals surface area contributed by atoms with E-state index in [9.17, 15) is 14.4 Å². The molecule has 0 saturated heterocycles. The Bertz CT molecular complexity index is 3040. The summed E-state index contributed by atoms with van der Waals surface area (Å²) in [5.41, 5.74) is 5.82. The number of hydrogen-bond acceptors (Lipinski definition) is 7. The molecule has 428 valence electrons. The lowest BCUT2D eigenvalue weighted by Crippen LogP contribution is -2.42. The van der Waals surface area contributed by atoms with E-state index in [1.54, 1.807) is 0 Å². The zero-order valence-corrected chi connectivity index (χ0v) is 48.7. The number of carbonyl (C=O) groups is 3. The van der Waals surface area contributed by atoms with Gasteiger partial charge in [-0.1, -0.05) is 218 Å². The largest absolute Gasteiger partial charge is 0.481 e. The molecule has 0 amide bonds. The number of rotatable bonds is 23. The van der Waals surface area contributed by atoms with E-state index in [1.807, 2.05) is 0 Å². The number of nitrogens with zero attached hydrogens (tertiary/aromatic N) is 3. The molecule has 0 bridgehead atoms. The highest BCUT2D eigenvalue weighted by Crippen LogP contribution is 2.28. The second-order valence-corrected chi connectivity index (χ2v) is 21.9. The van der Waals surface area contributed by atoms with Crippen LogP contribution in [-0.2, 0) is 33.6 Å². The fourth-order valence-corrected chi connectivity index (χ4v) is 10.6. The average Bonchev–Trinajstić information content (AvgIpc) is 3.47. The Morgan fingerprint density at radius 1 is 0.354 bits per heavy atom. The molecule has 9 aromatic carbocycles. The maximum absolute atomic E-state index is 10.3. The first-order valence-corrected chi connectivity index (χ1v) is 28.5. The highest BCUT2D eigenvalue weighted by atomic mass is 16.4. The van der Waals surface area contributed by atoms with Gasteiger partial charge in [-0.05, 0) is 166 Å². The van der Waals surface area contributed by atoms with Crippen molar-refractivity contribution in [1.29, 1.82) is 0 Å². The number of hydrogen-bond donors (Lipinski definition) is 4. The molecule has 3 unspecified atom stereocenters. The van der Waals surface area contributed by atoms with E-state index in [4.69, 9.17) is 20.4 Å². The topological polar surface area (TPSA) is 142 Å². The number of aryl methyl sites for hydroxylation is 3. The molecule has 3 atom stereocenters. The maximum atomic E-state index is 10.3. The summed E-state index contributed by atoms with van der Waals surface area (Å²) in [4.78, 5) is 37.5. The van der Waals surface area contributed by atoms with Crippen molar-refractivity contribution in [3.05, 3.63) is 252 Å². The second kappa shape index (κ2) is 32.5. The van der Waals surface area contributed by atoms with Crippen LogP contribution < -0.4 is 0 Å². The van der Waals surface area contributed by atoms with Gasteiger partial charge in [0, 0.05) is 18.1 Å². The lowest BCUT2D eigenvalue weighted by atomic mass is 9.96. The molecule has 82 heavy (non-hydrogen) atoms. The first kappa shape index (κ1) is 63.2. The smallest absolute Gasteiger partial charge is 0.336 e. The van der Waals surface area contributed by atoms with Crippen LogP contribution in [0.15, 0.2) is 218 Å². The summed E-state index contributed by atoms with van der Waals surface area (Å²) in [7, 11) is 13.0. The van der Waals surface area contributed by atoms with E-state index in [-0.39, 0.29) is 0 Å². The lowest BCUT2D eigenvalue weighted by molar-refractivity contribution is -0.170. The van der Waals surface area contributed by atoms with Crippen molar-refractivity contribution in [3.8, 4) is 0 Å². The van der Waals surface area contributed by atoms with Crippen LogP contribution in [0.4, 0.5) is 0 Å².